The number of piperidine rings is 2. The van der Waals surface area contributed by atoms with Crippen molar-refractivity contribution in [2.24, 2.45) is 13.0 Å². The highest BCUT2D eigenvalue weighted by Gasteiger charge is 2.34. The maximum absolute atomic E-state index is 12.5. The third-order valence-corrected chi connectivity index (χ3v) is 5.89. The van der Waals surface area contributed by atoms with Crippen LogP contribution in [0, 0.1) is 5.92 Å². The molecule has 24 heavy (non-hydrogen) atoms. The van der Waals surface area contributed by atoms with Crippen LogP contribution in [0.25, 0.3) is 0 Å². The minimum Gasteiger partial charge on any atom is -0.367 e. The fraction of sp³-hybridized carbons (Fsp3) is 0.778. The van der Waals surface area contributed by atoms with Gasteiger partial charge in [0, 0.05) is 50.9 Å². The second-order valence-corrected chi connectivity index (χ2v) is 7.90. The van der Waals surface area contributed by atoms with Crippen molar-refractivity contribution in [1.82, 2.24) is 20.4 Å². The van der Waals surface area contributed by atoms with Gasteiger partial charge >= 0.3 is 0 Å². The van der Waals surface area contributed by atoms with Gasteiger partial charge < -0.3 is 15.5 Å². The number of rotatable bonds is 4. The summed E-state index contributed by atoms with van der Waals surface area (Å²) in [5.74, 6) is 0.820. The molecule has 132 valence electrons. The molecule has 3 aliphatic rings. The van der Waals surface area contributed by atoms with E-state index in [1.54, 1.807) is 0 Å². The number of carbonyl (C=O) groups excluding carboxylic acids is 1. The Morgan fingerprint density at radius 3 is 2.83 bits per heavy atom. The van der Waals surface area contributed by atoms with E-state index in [1.807, 2.05) is 17.9 Å². The van der Waals surface area contributed by atoms with Gasteiger partial charge in [0.1, 0.15) is 0 Å². The van der Waals surface area contributed by atoms with E-state index in [1.165, 1.54) is 25.7 Å². The molecule has 3 aliphatic heterocycles. The Morgan fingerprint density at radius 2 is 2.12 bits per heavy atom. The molecule has 3 unspecified atom stereocenters. The highest BCUT2D eigenvalue weighted by atomic mass is 16.1. The lowest BCUT2D eigenvalue weighted by Crippen LogP contribution is -2.48. The zero-order valence-corrected chi connectivity index (χ0v) is 14.6. The number of fused-ring (bicyclic) bond motifs is 2. The average Bonchev–Trinajstić information content (AvgIpc) is 3.13. The zero-order chi connectivity index (χ0) is 16.5. The average molecular weight is 331 g/mol. The van der Waals surface area contributed by atoms with Crippen molar-refractivity contribution in [3.8, 4) is 0 Å². The van der Waals surface area contributed by atoms with E-state index in [2.05, 4.69) is 26.8 Å². The third kappa shape index (κ3) is 3.58. The van der Waals surface area contributed by atoms with Gasteiger partial charge in [0.05, 0.1) is 11.9 Å². The number of nitrogens with zero attached hydrogens (tertiary/aromatic N) is 3. The Balaban J connectivity index is 1.27. The Bertz CT molecular complexity index is 574. The van der Waals surface area contributed by atoms with E-state index in [4.69, 9.17) is 0 Å². The number of carbonyl (C=O) groups is 1. The van der Waals surface area contributed by atoms with Gasteiger partial charge in [-0.05, 0) is 44.4 Å². The van der Waals surface area contributed by atoms with Crippen LogP contribution in [-0.4, -0.2) is 46.9 Å². The fourth-order valence-electron chi connectivity index (χ4n) is 4.79. The molecule has 0 spiro atoms. The van der Waals surface area contributed by atoms with Gasteiger partial charge in [-0.2, -0.15) is 5.10 Å². The number of aromatic nitrogens is 2. The van der Waals surface area contributed by atoms with Gasteiger partial charge in [-0.1, -0.05) is 0 Å². The molecule has 1 aromatic heterocycles. The molecular formula is C18H29N5O. The van der Waals surface area contributed by atoms with E-state index in [0.29, 0.717) is 24.4 Å². The van der Waals surface area contributed by atoms with Crippen molar-refractivity contribution < 1.29 is 4.79 Å². The maximum Gasteiger partial charge on any atom is 0.220 e. The van der Waals surface area contributed by atoms with Gasteiger partial charge in [-0.25, -0.2) is 0 Å². The van der Waals surface area contributed by atoms with E-state index in [0.717, 1.165) is 31.6 Å². The first-order valence-electron chi connectivity index (χ1n) is 9.44. The van der Waals surface area contributed by atoms with E-state index in [9.17, 15) is 4.79 Å². The molecule has 0 radical (unpaired) electrons. The smallest absolute Gasteiger partial charge is 0.220 e. The summed E-state index contributed by atoms with van der Waals surface area (Å²) in [7, 11) is 1.94. The Kier molecular flexibility index (Phi) is 4.48. The largest absolute Gasteiger partial charge is 0.367 e. The maximum atomic E-state index is 12.5. The molecule has 0 aromatic carbocycles. The summed E-state index contributed by atoms with van der Waals surface area (Å²) in [5.41, 5.74) is 1.16. The van der Waals surface area contributed by atoms with Crippen molar-refractivity contribution in [2.75, 3.05) is 18.0 Å². The molecule has 4 rings (SSSR count). The van der Waals surface area contributed by atoms with Gasteiger partial charge in [-0.15, -0.1) is 0 Å². The van der Waals surface area contributed by atoms with Crippen molar-refractivity contribution in [3.63, 3.8) is 0 Å². The molecule has 0 aliphatic carbocycles. The molecular weight excluding hydrogens is 302 g/mol. The van der Waals surface area contributed by atoms with E-state index < -0.39 is 0 Å². The van der Waals surface area contributed by atoms with Crippen LogP contribution in [-0.2, 0) is 11.8 Å². The van der Waals surface area contributed by atoms with E-state index >= 15 is 0 Å². The number of nitrogens with one attached hydrogen (secondary N) is 2. The normalized spacial score (nSPS) is 32.8. The van der Waals surface area contributed by atoms with Crippen LogP contribution in [0.5, 0.6) is 0 Å². The number of amides is 1. The summed E-state index contributed by atoms with van der Waals surface area (Å²) >= 11 is 0. The topological polar surface area (TPSA) is 62.2 Å². The van der Waals surface area contributed by atoms with Crippen LogP contribution >= 0.6 is 0 Å². The molecule has 6 heteroatoms. The molecule has 0 saturated carbocycles. The second kappa shape index (κ2) is 6.75. The summed E-state index contributed by atoms with van der Waals surface area (Å²) in [6.07, 6.45) is 11.8. The lowest BCUT2D eigenvalue weighted by Gasteiger charge is -2.34. The summed E-state index contributed by atoms with van der Waals surface area (Å²) in [6, 6.07) is 1.60. The summed E-state index contributed by atoms with van der Waals surface area (Å²) in [5, 5.41) is 11.2. The van der Waals surface area contributed by atoms with Gasteiger partial charge in [0.15, 0.2) is 0 Å². The Labute approximate surface area is 144 Å². The third-order valence-electron chi connectivity index (χ3n) is 5.89. The predicted octanol–water partition coefficient (Wildman–Crippen LogP) is 1.43. The quantitative estimate of drug-likeness (QED) is 0.876. The van der Waals surface area contributed by atoms with Gasteiger partial charge in [0.2, 0.25) is 5.91 Å². The SMILES string of the molecule is Cn1cc(N2CCCC(NC(=O)CC3CC4CCC(C3)N4)C2)cn1. The number of hydrogen-bond donors (Lipinski definition) is 2. The van der Waals surface area contributed by atoms with Crippen LogP contribution in [0.3, 0.4) is 0 Å². The number of hydrogen-bond acceptors (Lipinski definition) is 4. The summed E-state index contributed by atoms with van der Waals surface area (Å²) in [4.78, 5) is 14.8. The van der Waals surface area contributed by atoms with Crippen molar-refractivity contribution >= 4 is 11.6 Å². The van der Waals surface area contributed by atoms with Crippen molar-refractivity contribution in [2.45, 2.75) is 63.1 Å². The van der Waals surface area contributed by atoms with Gasteiger partial charge in [-0.3, -0.25) is 9.48 Å². The fourth-order valence-corrected chi connectivity index (χ4v) is 4.79. The minimum absolute atomic E-state index is 0.249. The first-order chi connectivity index (χ1) is 11.7. The van der Waals surface area contributed by atoms with Crippen LogP contribution in [0.4, 0.5) is 5.69 Å². The minimum atomic E-state index is 0.249. The molecule has 6 nitrogen and oxygen atoms in total. The monoisotopic (exact) mass is 331 g/mol. The molecule has 3 atom stereocenters. The van der Waals surface area contributed by atoms with Crippen LogP contribution in [0.2, 0.25) is 0 Å². The molecule has 1 amide bonds. The standard InChI is InChI=1S/C18H29N5O/c1-22-12-17(10-19-22)23-6-2-3-16(11-23)21-18(24)9-13-7-14-4-5-15(8-13)20-14/h10,12-16,20H,2-9,11H2,1H3,(H,21,24). The molecule has 2 bridgehead atoms. The molecule has 3 saturated heterocycles. The lowest BCUT2D eigenvalue weighted by atomic mass is 9.89. The Hall–Kier alpha value is -1.56. The van der Waals surface area contributed by atoms with Crippen molar-refractivity contribution in [1.29, 1.82) is 0 Å². The molecule has 4 heterocycles. The zero-order valence-electron chi connectivity index (χ0n) is 14.6. The van der Waals surface area contributed by atoms with Crippen molar-refractivity contribution in [3.05, 3.63) is 12.4 Å². The van der Waals surface area contributed by atoms with Gasteiger partial charge in [0.25, 0.3) is 0 Å². The highest BCUT2D eigenvalue weighted by molar-refractivity contribution is 5.76. The van der Waals surface area contributed by atoms with E-state index in [-0.39, 0.29) is 11.9 Å². The summed E-state index contributed by atoms with van der Waals surface area (Å²) in [6.45, 7) is 1.95. The predicted molar refractivity (Wildman–Crippen MR) is 93.9 cm³/mol. The molecule has 3 fully saturated rings. The first-order valence-corrected chi connectivity index (χ1v) is 9.44. The van der Waals surface area contributed by atoms with Crippen LogP contribution < -0.4 is 15.5 Å². The molecule has 1 aromatic rings. The summed E-state index contributed by atoms with van der Waals surface area (Å²) < 4.78 is 1.84. The Morgan fingerprint density at radius 1 is 1.33 bits per heavy atom. The second-order valence-electron chi connectivity index (χ2n) is 7.90. The van der Waals surface area contributed by atoms with Crippen LogP contribution in [0.15, 0.2) is 12.4 Å². The number of anilines is 1. The molecule has 2 N–H and O–H groups in total. The lowest BCUT2D eigenvalue weighted by molar-refractivity contribution is -0.123. The van der Waals surface area contributed by atoms with Crippen LogP contribution in [0.1, 0.15) is 44.9 Å². The highest BCUT2D eigenvalue weighted by Crippen LogP contribution is 2.32. The number of aryl methyl sites for hydroxylation is 1. The first kappa shape index (κ1) is 15.9.